The van der Waals surface area contributed by atoms with E-state index in [1.54, 1.807) is 36.4 Å². The van der Waals surface area contributed by atoms with Crippen LogP contribution in [-0.4, -0.2) is 34.5 Å². The number of halogens is 2. The number of aliphatic hydroxyl groups excluding tert-OH is 1. The van der Waals surface area contributed by atoms with Crippen LogP contribution < -0.4 is 0 Å². The number of amides is 2. The summed E-state index contributed by atoms with van der Waals surface area (Å²) in [7, 11) is 0. The van der Waals surface area contributed by atoms with E-state index < -0.39 is 23.7 Å². The Morgan fingerprint density at radius 1 is 1.09 bits per heavy atom. The number of carbonyl (C=O) groups excluding carboxylic acids is 2. The Balaban J connectivity index is 1.71. The molecule has 118 valence electrons. The molecule has 6 heteroatoms. The van der Waals surface area contributed by atoms with Gasteiger partial charge in [-0.1, -0.05) is 18.2 Å². The molecule has 2 aromatic carbocycles. The average Bonchev–Trinajstić information content (AvgIpc) is 2.76. The number of benzene rings is 2. The van der Waals surface area contributed by atoms with Gasteiger partial charge in [0, 0.05) is 6.42 Å². The molecule has 4 nitrogen and oxygen atoms in total. The standard InChI is InChI=1S/C17H13BrFNO3/c18-14-6-5-10(8-15(14)19)7-11(21)9-20-16(22)12-3-1-2-4-13(12)17(20)23/h1-6,8,11,21H,7,9H2. The van der Waals surface area contributed by atoms with Gasteiger partial charge in [-0.15, -0.1) is 0 Å². The van der Waals surface area contributed by atoms with Crippen molar-refractivity contribution in [2.45, 2.75) is 12.5 Å². The second kappa shape index (κ2) is 6.22. The highest BCUT2D eigenvalue weighted by Gasteiger charge is 2.36. The fourth-order valence-corrected chi connectivity index (χ4v) is 2.87. The lowest BCUT2D eigenvalue weighted by atomic mass is 10.1. The molecule has 1 atom stereocenters. The molecule has 0 spiro atoms. The maximum atomic E-state index is 13.5. The van der Waals surface area contributed by atoms with Gasteiger partial charge in [0.25, 0.3) is 11.8 Å². The smallest absolute Gasteiger partial charge is 0.261 e. The summed E-state index contributed by atoms with van der Waals surface area (Å²) < 4.78 is 13.8. The van der Waals surface area contributed by atoms with Crippen molar-refractivity contribution in [1.82, 2.24) is 4.90 Å². The van der Waals surface area contributed by atoms with Crippen molar-refractivity contribution in [1.29, 1.82) is 0 Å². The summed E-state index contributed by atoms with van der Waals surface area (Å²) in [5.41, 5.74) is 1.29. The lowest BCUT2D eigenvalue weighted by Gasteiger charge is -2.18. The minimum atomic E-state index is -0.960. The highest BCUT2D eigenvalue weighted by Crippen LogP contribution is 2.23. The number of β-amino-alcohol motifs (C(OH)–C–C–N with tert-alkyl or cyclic N) is 1. The van der Waals surface area contributed by atoms with Crippen molar-refractivity contribution >= 4 is 27.7 Å². The van der Waals surface area contributed by atoms with Gasteiger partial charge in [-0.3, -0.25) is 14.5 Å². The zero-order valence-electron chi connectivity index (χ0n) is 12.0. The van der Waals surface area contributed by atoms with Crippen LogP contribution in [0.5, 0.6) is 0 Å². The lowest BCUT2D eigenvalue weighted by Crippen LogP contribution is -2.37. The molecule has 1 aliphatic heterocycles. The first-order valence-electron chi connectivity index (χ1n) is 7.04. The van der Waals surface area contributed by atoms with Crippen LogP contribution in [0.15, 0.2) is 46.9 Å². The van der Waals surface area contributed by atoms with Crippen LogP contribution >= 0.6 is 15.9 Å². The lowest BCUT2D eigenvalue weighted by molar-refractivity contribution is 0.0544. The maximum Gasteiger partial charge on any atom is 0.261 e. The molecule has 0 fully saturated rings. The maximum absolute atomic E-state index is 13.5. The molecule has 1 heterocycles. The number of nitrogens with zero attached hydrogens (tertiary/aromatic N) is 1. The first kappa shape index (κ1) is 15.8. The van der Waals surface area contributed by atoms with Crippen molar-refractivity contribution < 1.29 is 19.1 Å². The molecule has 0 bridgehead atoms. The van der Waals surface area contributed by atoms with Crippen LogP contribution in [0.1, 0.15) is 26.3 Å². The SMILES string of the molecule is O=C1c2ccccc2C(=O)N1CC(O)Cc1ccc(Br)c(F)c1. The Morgan fingerprint density at radius 2 is 1.70 bits per heavy atom. The fourth-order valence-electron chi connectivity index (χ4n) is 2.62. The minimum Gasteiger partial charge on any atom is -0.391 e. The predicted molar refractivity (Wildman–Crippen MR) is 85.6 cm³/mol. The Morgan fingerprint density at radius 3 is 2.26 bits per heavy atom. The average molecular weight is 378 g/mol. The van der Waals surface area contributed by atoms with E-state index in [4.69, 9.17) is 0 Å². The van der Waals surface area contributed by atoms with Crippen molar-refractivity contribution in [2.24, 2.45) is 0 Å². The molecule has 0 aliphatic carbocycles. The second-order valence-corrected chi connectivity index (χ2v) is 6.23. The molecule has 23 heavy (non-hydrogen) atoms. The molecule has 0 saturated carbocycles. The minimum absolute atomic E-state index is 0.121. The number of hydrogen-bond donors (Lipinski definition) is 1. The van der Waals surface area contributed by atoms with Crippen LogP contribution in [0.25, 0.3) is 0 Å². The Labute approximate surface area is 140 Å². The summed E-state index contributed by atoms with van der Waals surface area (Å²) in [5.74, 6) is -1.24. The summed E-state index contributed by atoms with van der Waals surface area (Å²) >= 11 is 3.06. The number of rotatable bonds is 4. The third kappa shape index (κ3) is 3.04. The van der Waals surface area contributed by atoms with Gasteiger partial charge in [-0.2, -0.15) is 0 Å². The van der Waals surface area contributed by atoms with Crippen molar-refractivity contribution in [3.8, 4) is 0 Å². The Bertz CT molecular complexity index is 758. The van der Waals surface area contributed by atoms with E-state index in [1.165, 1.54) is 6.07 Å². The number of hydrogen-bond acceptors (Lipinski definition) is 3. The monoisotopic (exact) mass is 377 g/mol. The van der Waals surface area contributed by atoms with Gasteiger partial charge in [0.2, 0.25) is 0 Å². The first-order valence-corrected chi connectivity index (χ1v) is 7.84. The highest BCUT2D eigenvalue weighted by molar-refractivity contribution is 9.10. The van der Waals surface area contributed by atoms with E-state index in [-0.39, 0.29) is 13.0 Å². The molecule has 0 saturated heterocycles. The fraction of sp³-hybridized carbons (Fsp3) is 0.176. The van der Waals surface area contributed by atoms with Crippen molar-refractivity contribution in [3.63, 3.8) is 0 Å². The van der Waals surface area contributed by atoms with E-state index >= 15 is 0 Å². The largest absolute Gasteiger partial charge is 0.391 e. The molecule has 1 N–H and O–H groups in total. The van der Waals surface area contributed by atoms with Gasteiger partial charge in [-0.05, 0) is 45.8 Å². The molecular weight excluding hydrogens is 365 g/mol. The van der Waals surface area contributed by atoms with Gasteiger partial charge in [0.15, 0.2) is 0 Å². The van der Waals surface area contributed by atoms with Gasteiger partial charge in [0.1, 0.15) is 5.82 Å². The van der Waals surface area contributed by atoms with Gasteiger partial charge in [0.05, 0.1) is 28.2 Å². The topological polar surface area (TPSA) is 57.6 Å². The summed E-state index contributed by atoms with van der Waals surface area (Å²) in [6, 6.07) is 11.1. The molecule has 2 aromatic rings. The summed E-state index contributed by atoms with van der Waals surface area (Å²) in [6.07, 6.45) is -0.810. The number of imide groups is 1. The zero-order valence-corrected chi connectivity index (χ0v) is 13.6. The van der Waals surface area contributed by atoms with E-state index in [2.05, 4.69) is 15.9 Å². The first-order chi connectivity index (χ1) is 11.0. The molecule has 0 radical (unpaired) electrons. The van der Waals surface area contributed by atoms with E-state index in [0.717, 1.165) is 4.90 Å². The third-order valence-corrected chi connectivity index (χ3v) is 4.37. The van der Waals surface area contributed by atoms with Crippen molar-refractivity contribution in [2.75, 3.05) is 6.54 Å². The summed E-state index contributed by atoms with van der Waals surface area (Å²) in [6.45, 7) is -0.121. The van der Waals surface area contributed by atoms with Crippen molar-refractivity contribution in [3.05, 3.63) is 69.4 Å². The van der Waals surface area contributed by atoms with Gasteiger partial charge >= 0.3 is 0 Å². The van der Waals surface area contributed by atoms with Crippen LogP contribution in [0.4, 0.5) is 4.39 Å². The van der Waals surface area contributed by atoms with E-state index in [0.29, 0.717) is 21.2 Å². The third-order valence-electron chi connectivity index (χ3n) is 3.73. The molecular formula is C17H13BrFNO3. The molecule has 0 aromatic heterocycles. The molecule has 3 rings (SSSR count). The Kier molecular flexibility index (Phi) is 4.28. The van der Waals surface area contributed by atoms with Crippen LogP contribution in [0.2, 0.25) is 0 Å². The molecule has 2 amide bonds. The van der Waals surface area contributed by atoms with Crippen LogP contribution in [0, 0.1) is 5.82 Å². The van der Waals surface area contributed by atoms with E-state index in [1.807, 2.05) is 0 Å². The summed E-state index contributed by atoms with van der Waals surface area (Å²) in [5, 5.41) is 10.2. The number of carbonyl (C=O) groups is 2. The van der Waals surface area contributed by atoms with Crippen LogP contribution in [-0.2, 0) is 6.42 Å². The molecule has 1 unspecified atom stereocenters. The van der Waals surface area contributed by atoms with E-state index in [9.17, 15) is 19.1 Å². The zero-order chi connectivity index (χ0) is 16.6. The number of aliphatic hydroxyl groups is 1. The van der Waals surface area contributed by atoms with Crippen LogP contribution in [0.3, 0.4) is 0 Å². The normalized spacial score (nSPS) is 15.0. The van der Waals surface area contributed by atoms with Gasteiger partial charge < -0.3 is 5.11 Å². The Hall–Kier alpha value is -2.05. The van der Waals surface area contributed by atoms with Gasteiger partial charge in [-0.25, -0.2) is 4.39 Å². The number of fused-ring (bicyclic) bond motifs is 1. The summed E-state index contributed by atoms with van der Waals surface area (Å²) in [4.78, 5) is 25.5. The highest BCUT2D eigenvalue weighted by atomic mass is 79.9. The predicted octanol–water partition coefficient (Wildman–Crippen LogP) is 2.79. The molecule has 1 aliphatic rings. The second-order valence-electron chi connectivity index (χ2n) is 5.37. The quantitative estimate of drug-likeness (QED) is 0.833.